The summed E-state index contributed by atoms with van der Waals surface area (Å²) in [6, 6.07) is 15.0. The molecule has 23 heavy (non-hydrogen) atoms. The first-order valence-electron chi connectivity index (χ1n) is 7.53. The zero-order valence-corrected chi connectivity index (χ0v) is 13.3. The van der Waals surface area contributed by atoms with Gasteiger partial charge in [-0.05, 0) is 48.2 Å². The maximum atomic E-state index is 11.9. The Hall–Kier alpha value is -2.88. The second-order valence-corrected chi connectivity index (χ2v) is 5.18. The number of hydrogen-bond donors (Lipinski definition) is 2. The topological polar surface area (TPSA) is 58.2 Å². The number of amides is 2. The molecule has 0 saturated heterocycles. The number of hydrogen-bond acceptors (Lipinski definition) is 2. The molecule has 2 amide bonds. The third-order valence-corrected chi connectivity index (χ3v) is 3.53. The lowest BCUT2D eigenvalue weighted by atomic mass is 10.1. The van der Waals surface area contributed by atoms with Crippen molar-refractivity contribution in [3.8, 4) is 0 Å². The van der Waals surface area contributed by atoms with Crippen LogP contribution in [0.3, 0.4) is 0 Å². The molecule has 0 aromatic heterocycles. The molecule has 0 bridgehead atoms. The lowest BCUT2D eigenvalue weighted by molar-refractivity contribution is -0.117. The molecule has 2 N–H and O–H groups in total. The van der Waals surface area contributed by atoms with Crippen LogP contribution >= 0.6 is 0 Å². The molecular formula is C19H20N2O2. The van der Waals surface area contributed by atoms with E-state index >= 15 is 0 Å². The van der Waals surface area contributed by atoms with E-state index in [1.165, 1.54) is 6.08 Å². The molecule has 4 heteroatoms. The van der Waals surface area contributed by atoms with E-state index in [9.17, 15) is 9.59 Å². The van der Waals surface area contributed by atoms with Crippen LogP contribution in [0.5, 0.6) is 0 Å². The molecule has 0 unspecified atom stereocenters. The maximum Gasteiger partial charge on any atom is 0.269 e. The lowest BCUT2D eigenvalue weighted by Gasteiger charge is -2.06. The quantitative estimate of drug-likeness (QED) is 0.674. The molecule has 2 aromatic carbocycles. The van der Waals surface area contributed by atoms with Crippen molar-refractivity contribution in [3.05, 3.63) is 76.9 Å². The smallest absolute Gasteiger partial charge is 0.268 e. The molecule has 0 atom stereocenters. The van der Waals surface area contributed by atoms with Crippen LogP contribution < -0.4 is 10.9 Å². The third-order valence-electron chi connectivity index (χ3n) is 3.53. The summed E-state index contributed by atoms with van der Waals surface area (Å²) in [5.74, 6) is -0.725. The zero-order chi connectivity index (χ0) is 16.7. The van der Waals surface area contributed by atoms with E-state index < -0.39 is 0 Å². The van der Waals surface area contributed by atoms with Gasteiger partial charge in [0.05, 0.1) is 0 Å². The number of carbonyl (C=O) groups excluding carboxylic acids is 2. The Morgan fingerprint density at radius 2 is 1.70 bits per heavy atom. The maximum absolute atomic E-state index is 11.9. The lowest BCUT2D eigenvalue weighted by Crippen LogP contribution is -2.40. The molecule has 118 valence electrons. The van der Waals surface area contributed by atoms with Gasteiger partial charge in [0.1, 0.15) is 0 Å². The van der Waals surface area contributed by atoms with E-state index in [4.69, 9.17) is 0 Å². The number of hydrazine groups is 1. The Labute approximate surface area is 136 Å². The van der Waals surface area contributed by atoms with Crippen LogP contribution in [0.15, 0.2) is 54.6 Å². The highest BCUT2D eigenvalue weighted by Crippen LogP contribution is 2.08. The van der Waals surface area contributed by atoms with Crippen LogP contribution in [0.4, 0.5) is 0 Å². The number of benzene rings is 2. The molecule has 4 nitrogen and oxygen atoms in total. The Kier molecular flexibility index (Phi) is 5.69. The molecule has 0 radical (unpaired) electrons. The SMILES string of the molecule is CCc1ccc(C(=O)NNC(=O)/C=C/c2ccccc2C)cc1. The molecule has 0 heterocycles. The number of carbonyl (C=O) groups is 2. The fraction of sp³-hybridized carbons (Fsp3) is 0.158. The van der Waals surface area contributed by atoms with Gasteiger partial charge < -0.3 is 0 Å². The normalized spacial score (nSPS) is 10.5. The Morgan fingerprint density at radius 1 is 1.00 bits per heavy atom. The molecule has 0 spiro atoms. The first-order valence-corrected chi connectivity index (χ1v) is 7.53. The first-order chi connectivity index (χ1) is 11.1. The van der Waals surface area contributed by atoms with Crippen molar-refractivity contribution in [3.63, 3.8) is 0 Å². The molecule has 0 aliphatic carbocycles. The van der Waals surface area contributed by atoms with Gasteiger partial charge >= 0.3 is 0 Å². The van der Waals surface area contributed by atoms with Crippen LogP contribution in [-0.4, -0.2) is 11.8 Å². The summed E-state index contributed by atoms with van der Waals surface area (Å²) in [6.07, 6.45) is 4.03. The molecular weight excluding hydrogens is 288 g/mol. The van der Waals surface area contributed by atoms with Gasteiger partial charge in [-0.25, -0.2) is 0 Å². The van der Waals surface area contributed by atoms with Gasteiger partial charge in [0.25, 0.3) is 11.8 Å². The second-order valence-electron chi connectivity index (χ2n) is 5.18. The van der Waals surface area contributed by atoms with Crippen LogP contribution in [-0.2, 0) is 11.2 Å². The van der Waals surface area contributed by atoms with Gasteiger partial charge in [0, 0.05) is 11.6 Å². The summed E-state index contributed by atoms with van der Waals surface area (Å²) in [7, 11) is 0. The summed E-state index contributed by atoms with van der Waals surface area (Å²) in [4.78, 5) is 23.7. The van der Waals surface area contributed by atoms with Gasteiger partial charge in [0.2, 0.25) is 0 Å². The predicted octanol–water partition coefficient (Wildman–Crippen LogP) is 3.03. The molecule has 2 rings (SSSR count). The van der Waals surface area contributed by atoms with Crippen LogP contribution in [0.25, 0.3) is 6.08 Å². The van der Waals surface area contributed by atoms with Crippen molar-refractivity contribution in [2.24, 2.45) is 0 Å². The first kappa shape index (κ1) is 16.5. The fourth-order valence-corrected chi connectivity index (χ4v) is 2.06. The van der Waals surface area contributed by atoms with Gasteiger partial charge in [-0.2, -0.15) is 0 Å². The second kappa shape index (κ2) is 7.94. The minimum absolute atomic E-state index is 0.342. The van der Waals surface area contributed by atoms with Crippen molar-refractivity contribution < 1.29 is 9.59 Å². The average Bonchev–Trinajstić information content (AvgIpc) is 2.59. The highest BCUT2D eigenvalue weighted by molar-refractivity contribution is 5.97. The van der Waals surface area contributed by atoms with Crippen molar-refractivity contribution in [2.45, 2.75) is 20.3 Å². The van der Waals surface area contributed by atoms with Gasteiger partial charge in [0.15, 0.2) is 0 Å². The van der Waals surface area contributed by atoms with Gasteiger partial charge in [-0.15, -0.1) is 0 Å². The summed E-state index contributed by atoms with van der Waals surface area (Å²) < 4.78 is 0. The molecule has 0 aliphatic heterocycles. The van der Waals surface area contributed by atoms with E-state index in [-0.39, 0.29) is 11.8 Å². The summed E-state index contributed by atoms with van der Waals surface area (Å²) >= 11 is 0. The number of rotatable bonds is 4. The van der Waals surface area contributed by atoms with Crippen LogP contribution in [0.2, 0.25) is 0 Å². The van der Waals surface area contributed by atoms with Crippen molar-refractivity contribution in [1.29, 1.82) is 0 Å². The highest BCUT2D eigenvalue weighted by atomic mass is 16.2. The van der Waals surface area contributed by atoms with Crippen molar-refractivity contribution in [1.82, 2.24) is 10.9 Å². The van der Waals surface area contributed by atoms with E-state index in [1.807, 2.05) is 43.3 Å². The standard InChI is InChI=1S/C19H20N2O2/c1-3-15-8-10-17(11-9-15)19(23)21-20-18(22)13-12-16-7-5-4-6-14(16)2/h4-13H,3H2,1-2H3,(H,20,22)(H,21,23)/b13-12+. The molecule has 0 saturated carbocycles. The third kappa shape index (κ3) is 4.81. The van der Waals surface area contributed by atoms with Gasteiger partial charge in [-0.3, -0.25) is 20.4 Å². The van der Waals surface area contributed by atoms with E-state index in [1.54, 1.807) is 18.2 Å². The van der Waals surface area contributed by atoms with E-state index in [0.29, 0.717) is 5.56 Å². The molecule has 0 fully saturated rings. The summed E-state index contributed by atoms with van der Waals surface area (Å²) in [5, 5.41) is 0. The van der Waals surface area contributed by atoms with Crippen LogP contribution in [0, 0.1) is 6.92 Å². The zero-order valence-electron chi connectivity index (χ0n) is 13.3. The Bertz CT molecular complexity index is 718. The fourth-order valence-electron chi connectivity index (χ4n) is 2.06. The Balaban J connectivity index is 1.88. The minimum Gasteiger partial charge on any atom is -0.268 e. The summed E-state index contributed by atoms with van der Waals surface area (Å²) in [5.41, 5.74) is 8.48. The summed E-state index contributed by atoms with van der Waals surface area (Å²) in [6.45, 7) is 4.02. The average molecular weight is 308 g/mol. The molecule has 0 aliphatic rings. The van der Waals surface area contributed by atoms with Gasteiger partial charge in [-0.1, -0.05) is 43.3 Å². The van der Waals surface area contributed by atoms with E-state index in [2.05, 4.69) is 17.8 Å². The van der Waals surface area contributed by atoms with Crippen LogP contribution in [0.1, 0.15) is 34.0 Å². The monoisotopic (exact) mass is 308 g/mol. The Morgan fingerprint density at radius 3 is 2.35 bits per heavy atom. The predicted molar refractivity (Wildman–Crippen MR) is 91.6 cm³/mol. The molecule has 2 aromatic rings. The van der Waals surface area contributed by atoms with Crippen molar-refractivity contribution >= 4 is 17.9 Å². The number of nitrogens with one attached hydrogen (secondary N) is 2. The largest absolute Gasteiger partial charge is 0.269 e. The van der Waals surface area contributed by atoms with Crippen molar-refractivity contribution in [2.75, 3.05) is 0 Å². The number of aryl methyl sites for hydroxylation is 2. The van der Waals surface area contributed by atoms with E-state index in [0.717, 1.165) is 23.1 Å². The highest BCUT2D eigenvalue weighted by Gasteiger charge is 2.05. The minimum atomic E-state index is -0.383.